The molecule has 1 fully saturated rings. The molecule has 2 atom stereocenters. The Hall–Kier alpha value is -1.38. The zero-order valence-corrected chi connectivity index (χ0v) is 10.4. The van der Waals surface area contributed by atoms with E-state index in [2.05, 4.69) is 11.9 Å². The molecule has 3 nitrogen and oxygen atoms in total. The predicted octanol–water partition coefficient (Wildman–Crippen LogP) is 2.41. The molecule has 0 saturated heterocycles. The van der Waals surface area contributed by atoms with Gasteiger partial charge >= 0.3 is 0 Å². The van der Waals surface area contributed by atoms with E-state index in [0.717, 1.165) is 17.8 Å². The summed E-state index contributed by atoms with van der Waals surface area (Å²) in [6.07, 6.45) is 5.37. The molecule has 2 heterocycles. The van der Waals surface area contributed by atoms with Crippen molar-refractivity contribution in [2.24, 2.45) is 11.8 Å². The van der Waals surface area contributed by atoms with E-state index >= 15 is 0 Å². The molecule has 0 bridgehead atoms. The second-order valence-corrected chi connectivity index (χ2v) is 5.37. The lowest BCUT2D eigenvalue weighted by Gasteiger charge is -2.40. The van der Waals surface area contributed by atoms with E-state index in [1.807, 2.05) is 23.2 Å². The van der Waals surface area contributed by atoms with E-state index in [4.69, 9.17) is 0 Å². The van der Waals surface area contributed by atoms with Crippen LogP contribution in [0, 0.1) is 11.8 Å². The van der Waals surface area contributed by atoms with E-state index in [0.29, 0.717) is 17.9 Å². The summed E-state index contributed by atoms with van der Waals surface area (Å²) in [6.45, 7) is 3.92. The van der Waals surface area contributed by atoms with Gasteiger partial charge in [-0.2, -0.15) is 0 Å². The van der Waals surface area contributed by atoms with Gasteiger partial charge in [0.15, 0.2) is 0 Å². The maximum absolute atomic E-state index is 11.9. The number of rotatable bonds is 1. The Kier molecular flexibility index (Phi) is 2.42. The second-order valence-electron chi connectivity index (χ2n) is 5.37. The Bertz CT molecular complexity index is 453. The van der Waals surface area contributed by atoms with E-state index in [1.165, 1.54) is 12.8 Å². The van der Waals surface area contributed by atoms with Gasteiger partial charge in [0.25, 0.3) is 0 Å². The zero-order chi connectivity index (χ0) is 12.0. The summed E-state index contributed by atoms with van der Waals surface area (Å²) in [7, 11) is 0. The van der Waals surface area contributed by atoms with Crippen molar-refractivity contribution in [3.8, 4) is 0 Å². The van der Waals surface area contributed by atoms with E-state index in [-0.39, 0.29) is 5.91 Å². The molecule has 3 rings (SSSR count). The maximum atomic E-state index is 11.9. The van der Waals surface area contributed by atoms with Crippen molar-refractivity contribution in [2.45, 2.75) is 39.2 Å². The third kappa shape index (κ3) is 1.74. The molecule has 0 N–H and O–H groups in total. The molecule has 1 aromatic rings. The highest BCUT2D eigenvalue weighted by Gasteiger charge is 2.43. The number of hydrogen-bond donors (Lipinski definition) is 0. The number of nitrogens with zero attached hydrogens (tertiary/aromatic N) is 2. The fourth-order valence-electron chi connectivity index (χ4n) is 3.14. The molecule has 1 amide bonds. The average Bonchev–Trinajstić information content (AvgIpc) is 3.10. The number of pyridine rings is 1. The van der Waals surface area contributed by atoms with Crippen LogP contribution in [0.15, 0.2) is 18.3 Å². The number of carbonyl (C=O) groups is 1. The molecule has 0 unspecified atom stereocenters. The standard InChI is InChI=1S/C14H18N2O/c1-9-8-12-13(4-3-7-15-12)16(10(2)17)14(9)11-5-6-11/h3-4,7,9,11,14H,5-6,8H2,1-2H3/t9-,14-/m1/s1. The molecule has 1 aliphatic heterocycles. The van der Waals surface area contributed by atoms with Gasteiger partial charge in [-0.15, -0.1) is 0 Å². The Balaban J connectivity index is 2.06. The van der Waals surface area contributed by atoms with Crippen molar-refractivity contribution in [1.82, 2.24) is 4.98 Å². The number of fused-ring (bicyclic) bond motifs is 1. The van der Waals surface area contributed by atoms with Gasteiger partial charge < -0.3 is 4.90 Å². The lowest BCUT2D eigenvalue weighted by atomic mass is 9.86. The highest BCUT2D eigenvalue weighted by molar-refractivity contribution is 5.93. The Morgan fingerprint density at radius 2 is 2.24 bits per heavy atom. The van der Waals surface area contributed by atoms with Crippen LogP contribution in [0.4, 0.5) is 5.69 Å². The Morgan fingerprint density at radius 1 is 1.47 bits per heavy atom. The molecule has 1 aromatic heterocycles. The first-order valence-electron chi connectivity index (χ1n) is 6.42. The molecule has 0 radical (unpaired) electrons. The topological polar surface area (TPSA) is 33.2 Å². The van der Waals surface area contributed by atoms with E-state index < -0.39 is 0 Å². The van der Waals surface area contributed by atoms with Crippen LogP contribution in [-0.2, 0) is 11.2 Å². The summed E-state index contributed by atoms with van der Waals surface area (Å²) < 4.78 is 0. The van der Waals surface area contributed by atoms with Gasteiger partial charge in [-0.25, -0.2) is 0 Å². The molecule has 17 heavy (non-hydrogen) atoms. The summed E-state index contributed by atoms with van der Waals surface area (Å²) in [6, 6.07) is 4.35. The minimum absolute atomic E-state index is 0.155. The maximum Gasteiger partial charge on any atom is 0.224 e. The Morgan fingerprint density at radius 3 is 2.88 bits per heavy atom. The van der Waals surface area contributed by atoms with Crippen LogP contribution < -0.4 is 4.90 Å². The highest BCUT2D eigenvalue weighted by Crippen LogP contribution is 2.44. The van der Waals surface area contributed by atoms with Gasteiger partial charge in [0.2, 0.25) is 5.91 Å². The number of hydrogen-bond acceptors (Lipinski definition) is 2. The monoisotopic (exact) mass is 230 g/mol. The van der Waals surface area contributed by atoms with Crippen molar-refractivity contribution in [3.63, 3.8) is 0 Å². The highest BCUT2D eigenvalue weighted by atomic mass is 16.2. The van der Waals surface area contributed by atoms with Crippen molar-refractivity contribution in [1.29, 1.82) is 0 Å². The lowest BCUT2D eigenvalue weighted by Crippen LogP contribution is -2.48. The lowest BCUT2D eigenvalue weighted by molar-refractivity contribution is -0.117. The molecule has 3 heteroatoms. The molecular formula is C14H18N2O. The molecule has 0 spiro atoms. The summed E-state index contributed by atoms with van der Waals surface area (Å²) in [5.74, 6) is 1.39. The number of amides is 1. The predicted molar refractivity (Wildman–Crippen MR) is 66.8 cm³/mol. The SMILES string of the molecule is CC(=O)N1c2cccnc2C[C@@H](C)[C@@H]1C1CC1. The zero-order valence-electron chi connectivity index (χ0n) is 10.4. The van der Waals surface area contributed by atoms with Gasteiger partial charge in [0.05, 0.1) is 11.4 Å². The van der Waals surface area contributed by atoms with Gasteiger partial charge in [-0.3, -0.25) is 9.78 Å². The molecule has 1 aliphatic carbocycles. The third-order valence-corrected chi connectivity index (χ3v) is 3.97. The van der Waals surface area contributed by atoms with Gasteiger partial charge in [-0.1, -0.05) is 6.92 Å². The Labute approximate surface area is 102 Å². The number of carbonyl (C=O) groups excluding carboxylic acids is 1. The molecule has 2 aliphatic rings. The van der Waals surface area contributed by atoms with Crippen LogP contribution in [0.2, 0.25) is 0 Å². The molecule has 90 valence electrons. The van der Waals surface area contributed by atoms with Crippen molar-refractivity contribution < 1.29 is 4.79 Å². The van der Waals surface area contributed by atoms with Crippen LogP contribution in [0.5, 0.6) is 0 Å². The van der Waals surface area contributed by atoms with Crippen molar-refractivity contribution >= 4 is 11.6 Å². The van der Waals surface area contributed by atoms with Gasteiger partial charge in [0, 0.05) is 19.2 Å². The van der Waals surface area contributed by atoms with Crippen LogP contribution in [0.1, 0.15) is 32.4 Å². The van der Waals surface area contributed by atoms with Crippen molar-refractivity contribution in [3.05, 3.63) is 24.0 Å². The fourth-order valence-corrected chi connectivity index (χ4v) is 3.14. The summed E-state index contributed by atoms with van der Waals surface area (Å²) in [5.41, 5.74) is 2.11. The fraction of sp³-hybridized carbons (Fsp3) is 0.571. The minimum Gasteiger partial charge on any atom is -0.307 e. The van der Waals surface area contributed by atoms with E-state index in [1.54, 1.807) is 6.92 Å². The second kappa shape index (κ2) is 3.83. The van der Waals surface area contributed by atoms with Gasteiger partial charge in [-0.05, 0) is 43.2 Å². The first-order valence-corrected chi connectivity index (χ1v) is 6.42. The van der Waals surface area contributed by atoms with Crippen LogP contribution in [0.25, 0.3) is 0 Å². The summed E-state index contributed by atoms with van der Waals surface area (Å²) in [4.78, 5) is 18.4. The smallest absolute Gasteiger partial charge is 0.224 e. The van der Waals surface area contributed by atoms with Crippen LogP contribution >= 0.6 is 0 Å². The van der Waals surface area contributed by atoms with Gasteiger partial charge in [0.1, 0.15) is 0 Å². The summed E-state index contributed by atoms with van der Waals surface area (Å²) in [5, 5.41) is 0. The number of aromatic nitrogens is 1. The van der Waals surface area contributed by atoms with E-state index in [9.17, 15) is 4.79 Å². The molecule has 1 saturated carbocycles. The third-order valence-electron chi connectivity index (χ3n) is 3.97. The summed E-state index contributed by atoms with van der Waals surface area (Å²) >= 11 is 0. The quantitative estimate of drug-likeness (QED) is 0.742. The van der Waals surface area contributed by atoms with Crippen molar-refractivity contribution in [2.75, 3.05) is 4.90 Å². The number of anilines is 1. The first kappa shape index (κ1) is 10.8. The molecular weight excluding hydrogens is 212 g/mol. The molecule has 0 aromatic carbocycles. The minimum atomic E-state index is 0.155. The van der Waals surface area contributed by atoms with Crippen LogP contribution in [-0.4, -0.2) is 16.9 Å². The normalized spacial score (nSPS) is 27.8. The average molecular weight is 230 g/mol. The largest absolute Gasteiger partial charge is 0.307 e. The first-order chi connectivity index (χ1) is 8.18. The van der Waals surface area contributed by atoms with Crippen LogP contribution in [0.3, 0.4) is 0 Å².